The minimum Gasteiger partial charge on any atom is -0.339 e. The van der Waals surface area contributed by atoms with Gasteiger partial charge in [0.05, 0.1) is 11.9 Å². The van der Waals surface area contributed by atoms with E-state index < -0.39 is 10.0 Å². The molecule has 0 spiro atoms. The van der Waals surface area contributed by atoms with E-state index in [1.165, 1.54) is 60.2 Å². The first kappa shape index (κ1) is 26.6. The number of carbonyl (C=O) groups is 1. The van der Waals surface area contributed by atoms with Crippen LogP contribution in [0.25, 0.3) is 6.08 Å². The van der Waals surface area contributed by atoms with Crippen LogP contribution in [0.5, 0.6) is 0 Å². The largest absolute Gasteiger partial charge is 0.339 e. The zero-order valence-electron chi connectivity index (χ0n) is 23.0. The van der Waals surface area contributed by atoms with Gasteiger partial charge in [-0.05, 0) is 85.0 Å². The Kier molecular flexibility index (Phi) is 7.32. The molecule has 4 saturated carbocycles. The van der Waals surface area contributed by atoms with E-state index in [-0.39, 0.29) is 17.9 Å². The predicted octanol–water partition coefficient (Wildman–Crippen LogP) is 4.78. The summed E-state index contributed by atoms with van der Waals surface area (Å²) >= 11 is 0. The molecule has 1 amide bonds. The van der Waals surface area contributed by atoms with Crippen LogP contribution in [-0.2, 0) is 20.2 Å². The second-order valence-corrected chi connectivity index (χ2v) is 14.4. The lowest BCUT2D eigenvalue weighted by Gasteiger charge is -2.57. The highest BCUT2D eigenvalue weighted by Gasteiger charge is 2.51. The van der Waals surface area contributed by atoms with Gasteiger partial charge >= 0.3 is 0 Å². The third-order valence-electron chi connectivity index (χ3n) is 9.68. The highest BCUT2D eigenvalue weighted by Crippen LogP contribution is 2.60. The molecule has 0 atom stereocenters. The van der Waals surface area contributed by atoms with Crippen molar-refractivity contribution in [1.29, 1.82) is 0 Å². The fourth-order valence-corrected chi connectivity index (χ4v) is 9.00. The molecule has 208 valence electrons. The number of nitrogens with zero attached hydrogens (tertiary/aromatic N) is 3. The van der Waals surface area contributed by atoms with Crippen LogP contribution in [0.1, 0.15) is 49.7 Å². The van der Waals surface area contributed by atoms with Gasteiger partial charge in [-0.15, -0.1) is 0 Å². The smallest absolute Gasteiger partial charge is 0.243 e. The van der Waals surface area contributed by atoms with E-state index in [9.17, 15) is 13.2 Å². The SMILES string of the molecule is CS(=O)(=O)N(CC(=O)N1CCN(C/C=C/c2ccccc2)CC1)c1ccc(C23CC4CC(CC(C4)C2)C3)cc1. The molecule has 1 saturated heterocycles. The molecule has 2 aromatic carbocycles. The summed E-state index contributed by atoms with van der Waals surface area (Å²) in [6, 6.07) is 18.4. The maximum Gasteiger partial charge on any atom is 0.243 e. The fourth-order valence-electron chi connectivity index (χ4n) is 8.15. The Labute approximate surface area is 233 Å². The second-order valence-electron chi connectivity index (χ2n) is 12.5. The van der Waals surface area contributed by atoms with E-state index >= 15 is 0 Å². The quantitative estimate of drug-likeness (QED) is 0.477. The lowest BCUT2D eigenvalue weighted by molar-refractivity contribution is -0.131. The molecular weight excluding hydrogens is 506 g/mol. The molecule has 1 aliphatic heterocycles. The van der Waals surface area contributed by atoms with Crippen LogP contribution in [0.2, 0.25) is 0 Å². The summed E-state index contributed by atoms with van der Waals surface area (Å²) in [6.07, 6.45) is 13.5. The number of anilines is 1. The van der Waals surface area contributed by atoms with Crippen molar-refractivity contribution >= 4 is 27.7 Å². The molecule has 6 nitrogen and oxygen atoms in total. The molecule has 7 heteroatoms. The molecule has 4 bridgehead atoms. The zero-order chi connectivity index (χ0) is 27.0. The molecule has 0 N–H and O–H groups in total. The van der Waals surface area contributed by atoms with Gasteiger partial charge in [-0.3, -0.25) is 14.0 Å². The normalized spacial score (nSPS) is 28.7. The molecule has 2 aromatic rings. The third-order valence-corrected chi connectivity index (χ3v) is 10.8. The first-order valence-corrected chi connectivity index (χ1v) is 16.4. The first-order chi connectivity index (χ1) is 18.8. The number of rotatable bonds is 8. The van der Waals surface area contributed by atoms with Crippen molar-refractivity contribution in [3.05, 3.63) is 71.8 Å². The van der Waals surface area contributed by atoms with Gasteiger partial charge in [0.25, 0.3) is 0 Å². The number of hydrogen-bond donors (Lipinski definition) is 0. The van der Waals surface area contributed by atoms with E-state index in [0.717, 1.165) is 37.4 Å². The Morgan fingerprint density at radius 2 is 1.49 bits per heavy atom. The van der Waals surface area contributed by atoms with Crippen molar-refractivity contribution < 1.29 is 13.2 Å². The minimum absolute atomic E-state index is 0.134. The maximum absolute atomic E-state index is 13.2. The van der Waals surface area contributed by atoms with Crippen LogP contribution in [-0.4, -0.2) is 69.6 Å². The molecule has 0 unspecified atom stereocenters. The molecule has 7 rings (SSSR count). The summed E-state index contributed by atoms with van der Waals surface area (Å²) in [5.74, 6) is 2.45. The summed E-state index contributed by atoms with van der Waals surface area (Å²) in [5.41, 5.74) is 3.40. The highest BCUT2D eigenvalue weighted by molar-refractivity contribution is 7.92. The van der Waals surface area contributed by atoms with Crippen LogP contribution in [0.15, 0.2) is 60.7 Å². The zero-order valence-corrected chi connectivity index (χ0v) is 23.9. The molecule has 5 fully saturated rings. The van der Waals surface area contributed by atoms with Crippen molar-refractivity contribution in [2.75, 3.05) is 49.8 Å². The summed E-state index contributed by atoms with van der Waals surface area (Å²) in [6.45, 7) is 3.47. The fraction of sp³-hybridized carbons (Fsp3) is 0.531. The van der Waals surface area contributed by atoms with Gasteiger partial charge in [-0.2, -0.15) is 0 Å². The number of hydrogen-bond acceptors (Lipinski definition) is 4. The van der Waals surface area contributed by atoms with Crippen molar-refractivity contribution in [2.45, 2.75) is 43.9 Å². The maximum atomic E-state index is 13.2. The lowest BCUT2D eigenvalue weighted by Crippen LogP contribution is -2.51. The van der Waals surface area contributed by atoms with Gasteiger partial charge in [-0.25, -0.2) is 8.42 Å². The Balaban J connectivity index is 1.07. The van der Waals surface area contributed by atoms with Crippen LogP contribution in [0, 0.1) is 17.8 Å². The highest BCUT2D eigenvalue weighted by atomic mass is 32.2. The van der Waals surface area contributed by atoms with E-state index in [1.807, 2.05) is 30.3 Å². The van der Waals surface area contributed by atoms with Crippen molar-refractivity contribution in [1.82, 2.24) is 9.80 Å². The Bertz CT molecular complexity index is 1260. The summed E-state index contributed by atoms with van der Waals surface area (Å²) in [4.78, 5) is 17.3. The second kappa shape index (κ2) is 10.7. The third kappa shape index (κ3) is 5.80. The average Bonchev–Trinajstić information content (AvgIpc) is 2.91. The van der Waals surface area contributed by atoms with Gasteiger partial charge in [0.1, 0.15) is 6.54 Å². The van der Waals surface area contributed by atoms with Crippen LogP contribution >= 0.6 is 0 Å². The molecule has 5 aliphatic rings. The molecule has 39 heavy (non-hydrogen) atoms. The molecular formula is C32H41N3O3S. The number of piperazine rings is 1. The molecule has 0 radical (unpaired) electrons. The Hall–Kier alpha value is -2.64. The average molecular weight is 548 g/mol. The first-order valence-electron chi connectivity index (χ1n) is 14.6. The monoisotopic (exact) mass is 547 g/mol. The minimum atomic E-state index is -3.59. The van der Waals surface area contributed by atoms with Gasteiger partial charge in [0.15, 0.2) is 0 Å². The van der Waals surface area contributed by atoms with E-state index in [0.29, 0.717) is 18.8 Å². The van der Waals surface area contributed by atoms with E-state index in [4.69, 9.17) is 0 Å². The van der Waals surface area contributed by atoms with Crippen molar-refractivity contribution in [3.8, 4) is 0 Å². The topological polar surface area (TPSA) is 60.9 Å². The molecule has 4 aliphatic carbocycles. The van der Waals surface area contributed by atoms with Crippen LogP contribution in [0.4, 0.5) is 5.69 Å². The number of sulfonamides is 1. The van der Waals surface area contributed by atoms with E-state index in [1.54, 1.807) is 4.90 Å². The van der Waals surface area contributed by atoms with Crippen molar-refractivity contribution in [2.24, 2.45) is 17.8 Å². The summed E-state index contributed by atoms with van der Waals surface area (Å²) in [5, 5.41) is 0. The van der Waals surface area contributed by atoms with Crippen LogP contribution in [0.3, 0.4) is 0 Å². The lowest BCUT2D eigenvalue weighted by atomic mass is 9.48. The summed E-state index contributed by atoms with van der Waals surface area (Å²) < 4.78 is 26.9. The number of amides is 1. The van der Waals surface area contributed by atoms with Crippen molar-refractivity contribution in [3.63, 3.8) is 0 Å². The summed E-state index contributed by atoms with van der Waals surface area (Å²) in [7, 11) is -3.59. The van der Waals surface area contributed by atoms with Gasteiger partial charge in [0.2, 0.25) is 15.9 Å². The molecule has 0 aromatic heterocycles. The molecule has 1 heterocycles. The van der Waals surface area contributed by atoms with Gasteiger partial charge in [0, 0.05) is 32.7 Å². The number of benzene rings is 2. The Morgan fingerprint density at radius 1 is 0.897 bits per heavy atom. The predicted molar refractivity (Wildman–Crippen MR) is 157 cm³/mol. The van der Waals surface area contributed by atoms with Gasteiger partial charge in [-0.1, -0.05) is 54.6 Å². The van der Waals surface area contributed by atoms with E-state index in [2.05, 4.69) is 41.3 Å². The Morgan fingerprint density at radius 3 is 2.05 bits per heavy atom. The standard InChI is InChI=1S/C32H41N3O3S/c1-39(37,38)35(24-31(36)34-16-14-33(15-17-34)13-5-8-25-6-3-2-4-7-25)30-11-9-29(10-12-30)32-21-26-18-27(22-32)20-28(19-26)23-32/h2-12,26-28H,13-24H2,1H3/b8-5+. The van der Waals surface area contributed by atoms with Crippen LogP contribution < -0.4 is 4.31 Å². The number of carbonyl (C=O) groups excluding carboxylic acids is 1. The van der Waals surface area contributed by atoms with Gasteiger partial charge < -0.3 is 4.90 Å².